The van der Waals surface area contributed by atoms with Crippen LogP contribution >= 0.6 is 0 Å². The number of carbonyl (C=O) groups is 2. The Bertz CT molecular complexity index is 743. The van der Waals surface area contributed by atoms with E-state index in [1.807, 2.05) is 18.2 Å². The van der Waals surface area contributed by atoms with Crippen molar-refractivity contribution in [2.45, 2.75) is 13.0 Å². The van der Waals surface area contributed by atoms with Crippen LogP contribution in [0.1, 0.15) is 16.1 Å². The fourth-order valence-electron chi connectivity index (χ4n) is 2.22. The summed E-state index contributed by atoms with van der Waals surface area (Å²) < 4.78 is 16.3. The lowest BCUT2D eigenvalue weighted by molar-refractivity contribution is 0.0901. The van der Waals surface area contributed by atoms with Gasteiger partial charge in [-0.1, -0.05) is 12.1 Å². The molecule has 3 amide bonds. The van der Waals surface area contributed by atoms with Crippen LogP contribution in [0.15, 0.2) is 41.0 Å². The number of hydrogen-bond acceptors (Lipinski definition) is 5. The zero-order valence-electron chi connectivity index (χ0n) is 13.0. The van der Waals surface area contributed by atoms with Gasteiger partial charge in [-0.15, -0.1) is 0 Å². The second kappa shape index (κ2) is 6.95. The van der Waals surface area contributed by atoms with E-state index in [9.17, 15) is 9.59 Å². The Balaban J connectivity index is 1.42. The third-order valence-corrected chi connectivity index (χ3v) is 3.45. The number of hydrazine groups is 1. The minimum atomic E-state index is -0.549. The molecule has 0 aliphatic carbocycles. The van der Waals surface area contributed by atoms with Crippen molar-refractivity contribution >= 4 is 11.9 Å². The Labute approximate surface area is 138 Å². The van der Waals surface area contributed by atoms with Crippen LogP contribution in [0, 0.1) is 6.92 Å². The molecule has 1 aromatic heterocycles. The summed E-state index contributed by atoms with van der Waals surface area (Å²) in [7, 11) is 0. The molecule has 8 heteroatoms. The molecular weight excluding hydrogens is 314 g/mol. The lowest BCUT2D eigenvalue weighted by Crippen LogP contribution is -2.50. The summed E-state index contributed by atoms with van der Waals surface area (Å²) in [6.45, 7) is 2.23. The van der Waals surface area contributed by atoms with E-state index in [2.05, 4.69) is 16.2 Å². The smallest absolute Gasteiger partial charge is 0.333 e. The number of ether oxygens (including phenoxy) is 2. The largest absolute Gasteiger partial charge is 0.486 e. The van der Waals surface area contributed by atoms with E-state index < -0.39 is 11.9 Å². The van der Waals surface area contributed by atoms with Crippen molar-refractivity contribution in [3.8, 4) is 11.5 Å². The molecule has 3 N–H and O–H groups in total. The van der Waals surface area contributed by atoms with Crippen LogP contribution in [0.5, 0.6) is 11.5 Å². The first-order valence-corrected chi connectivity index (χ1v) is 7.40. The summed E-state index contributed by atoms with van der Waals surface area (Å²) in [6.07, 6.45) is 1.10. The van der Waals surface area contributed by atoms with E-state index >= 15 is 0 Å². The van der Waals surface area contributed by atoms with Crippen LogP contribution < -0.4 is 25.6 Å². The minimum Gasteiger partial charge on any atom is -0.486 e. The number of benzene rings is 1. The highest BCUT2D eigenvalue weighted by molar-refractivity contribution is 5.96. The van der Waals surface area contributed by atoms with Crippen LogP contribution in [0.25, 0.3) is 0 Å². The summed E-state index contributed by atoms with van der Waals surface area (Å²) in [6, 6.07) is 8.30. The van der Waals surface area contributed by atoms with Crippen molar-refractivity contribution in [3.63, 3.8) is 0 Å². The van der Waals surface area contributed by atoms with E-state index in [0.29, 0.717) is 29.4 Å². The zero-order valence-corrected chi connectivity index (χ0v) is 13.0. The van der Waals surface area contributed by atoms with Crippen molar-refractivity contribution in [1.29, 1.82) is 0 Å². The Morgan fingerprint density at radius 2 is 1.96 bits per heavy atom. The van der Waals surface area contributed by atoms with Crippen LogP contribution in [0.3, 0.4) is 0 Å². The van der Waals surface area contributed by atoms with Gasteiger partial charge in [0, 0.05) is 0 Å². The third kappa shape index (κ3) is 3.60. The van der Waals surface area contributed by atoms with E-state index in [1.165, 1.54) is 12.3 Å². The fourth-order valence-corrected chi connectivity index (χ4v) is 2.22. The van der Waals surface area contributed by atoms with Gasteiger partial charge in [0.05, 0.1) is 18.4 Å². The van der Waals surface area contributed by atoms with Gasteiger partial charge in [0.2, 0.25) is 0 Å². The molecule has 0 spiro atoms. The van der Waals surface area contributed by atoms with Gasteiger partial charge < -0.3 is 19.2 Å². The molecule has 0 saturated carbocycles. The molecule has 1 aromatic carbocycles. The molecule has 8 nitrogen and oxygen atoms in total. The molecule has 2 aromatic rings. The normalized spacial score (nSPS) is 15.5. The molecule has 1 atom stereocenters. The maximum Gasteiger partial charge on any atom is 0.333 e. The number of aryl methyl sites for hydroxylation is 1. The fraction of sp³-hybridized carbons (Fsp3) is 0.250. The number of amides is 3. The lowest BCUT2D eigenvalue weighted by Gasteiger charge is -2.26. The van der Waals surface area contributed by atoms with Gasteiger partial charge in [-0.2, -0.15) is 0 Å². The first kappa shape index (κ1) is 15.7. The molecule has 0 bridgehead atoms. The van der Waals surface area contributed by atoms with E-state index in [-0.39, 0.29) is 12.6 Å². The van der Waals surface area contributed by atoms with E-state index in [0.717, 1.165) is 0 Å². The molecule has 1 aliphatic heterocycles. The number of fused-ring (bicyclic) bond motifs is 1. The standard InChI is InChI=1S/C16H17N3O5/c1-10-12(6-7-22-10)15(20)18-19-16(21)17-8-11-9-23-13-4-2-3-5-14(13)24-11/h2-7,11H,8-9H2,1H3,(H,18,20)(H2,17,19,21)/t11-/m0/s1. The summed E-state index contributed by atoms with van der Waals surface area (Å²) in [4.78, 5) is 23.5. The number of furan rings is 1. The Morgan fingerprint density at radius 1 is 1.17 bits per heavy atom. The maximum absolute atomic E-state index is 11.8. The minimum absolute atomic E-state index is 0.237. The van der Waals surface area contributed by atoms with E-state index in [1.54, 1.807) is 13.0 Å². The zero-order chi connectivity index (χ0) is 16.9. The number of nitrogens with one attached hydrogen (secondary N) is 3. The average Bonchev–Trinajstić information content (AvgIpc) is 3.03. The van der Waals surface area contributed by atoms with Crippen molar-refractivity contribution in [2.75, 3.05) is 13.2 Å². The summed E-state index contributed by atoms with van der Waals surface area (Å²) in [5, 5.41) is 2.61. The van der Waals surface area contributed by atoms with Gasteiger partial charge in [0.15, 0.2) is 17.6 Å². The highest BCUT2D eigenvalue weighted by atomic mass is 16.6. The van der Waals surface area contributed by atoms with Gasteiger partial charge in [0.1, 0.15) is 12.4 Å². The van der Waals surface area contributed by atoms with Gasteiger partial charge >= 0.3 is 6.03 Å². The molecule has 3 rings (SSSR count). The van der Waals surface area contributed by atoms with Gasteiger partial charge in [-0.3, -0.25) is 10.2 Å². The number of carbonyl (C=O) groups excluding carboxylic acids is 2. The van der Waals surface area contributed by atoms with Crippen LogP contribution in [0.4, 0.5) is 4.79 Å². The predicted molar refractivity (Wildman–Crippen MR) is 83.8 cm³/mol. The van der Waals surface area contributed by atoms with Crippen molar-refractivity contribution in [2.24, 2.45) is 0 Å². The first-order chi connectivity index (χ1) is 11.6. The van der Waals surface area contributed by atoms with Crippen molar-refractivity contribution in [1.82, 2.24) is 16.2 Å². The lowest BCUT2D eigenvalue weighted by atomic mass is 10.2. The number of hydrogen-bond donors (Lipinski definition) is 3. The predicted octanol–water partition coefficient (Wildman–Crippen LogP) is 1.37. The highest BCUT2D eigenvalue weighted by Gasteiger charge is 2.21. The highest BCUT2D eigenvalue weighted by Crippen LogP contribution is 2.30. The topological polar surface area (TPSA) is 102 Å². The van der Waals surface area contributed by atoms with E-state index in [4.69, 9.17) is 13.9 Å². The van der Waals surface area contributed by atoms with Gasteiger partial charge in [-0.05, 0) is 25.1 Å². The Morgan fingerprint density at radius 3 is 2.71 bits per heavy atom. The molecule has 0 radical (unpaired) electrons. The van der Waals surface area contributed by atoms with Crippen LogP contribution in [-0.4, -0.2) is 31.2 Å². The SMILES string of the molecule is Cc1occc1C(=O)NNC(=O)NC[C@H]1COc2ccccc2O1. The van der Waals surface area contributed by atoms with Gasteiger partial charge in [0.25, 0.3) is 5.91 Å². The third-order valence-electron chi connectivity index (χ3n) is 3.45. The molecule has 24 heavy (non-hydrogen) atoms. The molecule has 126 valence electrons. The molecule has 0 unspecified atom stereocenters. The second-order valence-electron chi connectivity index (χ2n) is 5.18. The Hall–Kier alpha value is -3.16. The summed E-state index contributed by atoms with van der Waals surface area (Å²) in [5.74, 6) is 1.34. The Kier molecular flexibility index (Phi) is 4.55. The summed E-state index contributed by atoms with van der Waals surface area (Å²) >= 11 is 0. The molecule has 2 heterocycles. The molecule has 1 aliphatic rings. The molecular formula is C16H17N3O5. The molecule has 0 fully saturated rings. The quantitative estimate of drug-likeness (QED) is 0.737. The number of urea groups is 1. The first-order valence-electron chi connectivity index (χ1n) is 7.40. The van der Waals surface area contributed by atoms with Crippen molar-refractivity contribution < 1.29 is 23.5 Å². The number of rotatable bonds is 3. The van der Waals surface area contributed by atoms with Crippen LogP contribution in [0.2, 0.25) is 0 Å². The van der Waals surface area contributed by atoms with Crippen molar-refractivity contribution in [3.05, 3.63) is 47.9 Å². The maximum atomic E-state index is 11.8. The number of para-hydroxylation sites is 2. The van der Waals surface area contributed by atoms with Crippen LogP contribution in [-0.2, 0) is 0 Å². The second-order valence-corrected chi connectivity index (χ2v) is 5.18. The monoisotopic (exact) mass is 331 g/mol. The average molecular weight is 331 g/mol. The molecule has 0 saturated heterocycles. The summed E-state index contributed by atoms with van der Waals surface area (Å²) in [5.41, 5.74) is 4.92. The van der Waals surface area contributed by atoms with Gasteiger partial charge in [-0.25, -0.2) is 10.2 Å².